The largest absolute Gasteiger partial charge is 0.350 e. The predicted octanol–water partition coefficient (Wildman–Crippen LogP) is 1.89. The number of rotatable bonds is 6. The van der Waals surface area contributed by atoms with E-state index >= 15 is 0 Å². The summed E-state index contributed by atoms with van der Waals surface area (Å²) in [6.07, 6.45) is 5.57. The van der Waals surface area contributed by atoms with E-state index in [-0.39, 0.29) is 12.3 Å². The Labute approximate surface area is 102 Å². The van der Waals surface area contributed by atoms with Crippen LogP contribution in [0.2, 0.25) is 0 Å². The maximum Gasteiger partial charge on any atom is 0.159 e. The van der Waals surface area contributed by atoms with E-state index in [1.165, 1.54) is 5.56 Å². The molecule has 0 radical (unpaired) electrons. The average molecular weight is 236 g/mol. The Bertz CT molecular complexity index is 312. The summed E-state index contributed by atoms with van der Waals surface area (Å²) in [7, 11) is 0. The van der Waals surface area contributed by atoms with Crippen molar-refractivity contribution >= 4 is 0 Å². The molecule has 1 aliphatic heterocycles. The molecule has 1 N–H and O–H groups in total. The molecule has 1 unspecified atom stereocenters. The maximum atomic E-state index is 5.50. The molecule has 1 atom stereocenters. The first-order valence-corrected chi connectivity index (χ1v) is 6.26. The summed E-state index contributed by atoms with van der Waals surface area (Å²) in [5, 5.41) is 3.51. The molecule has 0 spiro atoms. The SMILES string of the molecule is CCCNC(CC1OCCO1)c1cccnc1. The van der Waals surface area contributed by atoms with Crippen molar-refractivity contribution in [1.29, 1.82) is 0 Å². The molecule has 1 fully saturated rings. The lowest BCUT2D eigenvalue weighted by Crippen LogP contribution is -2.26. The highest BCUT2D eigenvalue weighted by Crippen LogP contribution is 2.21. The van der Waals surface area contributed by atoms with Crippen LogP contribution in [0.25, 0.3) is 0 Å². The van der Waals surface area contributed by atoms with Crippen LogP contribution >= 0.6 is 0 Å². The quantitative estimate of drug-likeness (QED) is 0.819. The predicted molar refractivity (Wildman–Crippen MR) is 65.6 cm³/mol. The highest BCUT2D eigenvalue weighted by Gasteiger charge is 2.22. The molecule has 4 nitrogen and oxygen atoms in total. The van der Waals surface area contributed by atoms with Gasteiger partial charge in [0.2, 0.25) is 0 Å². The third-order valence-corrected chi connectivity index (χ3v) is 2.85. The van der Waals surface area contributed by atoms with E-state index in [2.05, 4.69) is 23.3 Å². The van der Waals surface area contributed by atoms with Crippen LogP contribution in [0.5, 0.6) is 0 Å². The molecule has 4 heteroatoms. The standard InChI is InChI=1S/C13H20N2O2/c1-2-5-15-12(9-13-16-7-8-17-13)11-4-3-6-14-10-11/h3-4,6,10,12-13,15H,2,5,7-9H2,1H3. The van der Waals surface area contributed by atoms with E-state index in [0.29, 0.717) is 13.2 Å². The molecule has 2 rings (SSSR count). The topological polar surface area (TPSA) is 43.4 Å². The van der Waals surface area contributed by atoms with Crippen LogP contribution in [-0.2, 0) is 9.47 Å². The van der Waals surface area contributed by atoms with Crippen molar-refractivity contribution in [2.24, 2.45) is 0 Å². The molecule has 0 amide bonds. The first kappa shape index (κ1) is 12.5. The summed E-state index contributed by atoms with van der Waals surface area (Å²) in [6, 6.07) is 4.31. The van der Waals surface area contributed by atoms with Gasteiger partial charge in [0.05, 0.1) is 13.2 Å². The van der Waals surface area contributed by atoms with E-state index in [0.717, 1.165) is 19.4 Å². The van der Waals surface area contributed by atoms with Crippen molar-refractivity contribution < 1.29 is 9.47 Å². The minimum Gasteiger partial charge on any atom is -0.350 e. The fourth-order valence-electron chi connectivity index (χ4n) is 1.97. The number of hydrogen-bond donors (Lipinski definition) is 1. The molecule has 0 aliphatic carbocycles. The Hall–Kier alpha value is -0.970. The van der Waals surface area contributed by atoms with Gasteiger partial charge in [0, 0.05) is 24.9 Å². The lowest BCUT2D eigenvalue weighted by molar-refractivity contribution is -0.0530. The van der Waals surface area contributed by atoms with E-state index in [4.69, 9.17) is 9.47 Å². The molecule has 94 valence electrons. The van der Waals surface area contributed by atoms with E-state index in [1.807, 2.05) is 12.3 Å². The van der Waals surface area contributed by atoms with Crippen LogP contribution in [0.3, 0.4) is 0 Å². The van der Waals surface area contributed by atoms with Crippen molar-refractivity contribution in [2.45, 2.75) is 32.1 Å². The highest BCUT2D eigenvalue weighted by atomic mass is 16.7. The van der Waals surface area contributed by atoms with Gasteiger partial charge in [-0.25, -0.2) is 0 Å². The second kappa shape index (κ2) is 6.69. The first-order valence-electron chi connectivity index (χ1n) is 6.26. The Morgan fingerprint density at radius 3 is 2.94 bits per heavy atom. The summed E-state index contributed by atoms with van der Waals surface area (Å²) in [4.78, 5) is 4.17. The van der Waals surface area contributed by atoms with E-state index < -0.39 is 0 Å². The zero-order valence-corrected chi connectivity index (χ0v) is 10.3. The molecule has 2 heterocycles. The van der Waals surface area contributed by atoms with Gasteiger partial charge >= 0.3 is 0 Å². The third kappa shape index (κ3) is 3.77. The smallest absolute Gasteiger partial charge is 0.159 e. The highest BCUT2D eigenvalue weighted by molar-refractivity contribution is 5.13. The number of ether oxygens (including phenoxy) is 2. The Kier molecular flexibility index (Phi) is 4.91. The molecule has 17 heavy (non-hydrogen) atoms. The molecule has 0 bridgehead atoms. The Morgan fingerprint density at radius 2 is 2.29 bits per heavy atom. The van der Waals surface area contributed by atoms with Crippen molar-refractivity contribution in [3.8, 4) is 0 Å². The lowest BCUT2D eigenvalue weighted by atomic mass is 10.1. The minimum atomic E-state index is -0.0791. The zero-order chi connectivity index (χ0) is 11.9. The van der Waals surface area contributed by atoms with Crippen LogP contribution in [0.1, 0.15) is 31.4 Å². The number of nitrogens with zero attached hydrogens (tertiary/aromatic N) is 1. The molecule has 1 aromatic rings. The average Bonchev–Trinajstić information content (AvgIpc) is 2.88. The second-order valence-electron chi connectivity index (χ2n) is 4.20. The molecule has 1 aromatic heterocycles. The van der Waals surface area contributed by atoms with Gasteiger partial charge in [0.1, 0.15) is 0 Å². The fourth-order valence-corrected chi connectivity index (χ4v) is 1.97. The number of nitrogens with one attached hydrogen (secondary N) is 1. The monoisotopic (exact) mass is 236 g/mol. The summed E-state index contributed by atoms with van der Waals surface area (Å²) in [5.41, 5.74) is 1.19. The molecular weight excluding hydrogens is 216 g/mol. The fraction of sp³-hybridized carbons (Fsp3) is 0.615. The number of pyridine rings is 1. The van der Waals surface area contributed by atoms with Crippen molar-refractivity contribution in [3.05, 3.63) is 30.1 Å². The van der Waals surface area contributed by atoms with Crippen molar-refractivity contribution in [2.75, 3.05) is 19.8 Å². The molecule has 1 saturated heterocycles. The normalized spacial score (nSPS) is 18.4. The molecule has 1 aliphatic rings. The number of hydrogen-bond acceptors (Lipinski definition) is 4. The second-order valence-corrected chi connectivity index (χ2v) is 4.20. The van der Waals surface area contributed by atoms with Gasteiger partial charge in [-0.1, -0.05) is 13.0 Å². The van der Waals surface area contributed by atoms with Crippen molar-refractivity contribution in [1.82, 2.24) is 10.3 Å². The van der Waals surface area contributed by atoms with E-state index in [1.54, 1.807) is 6.20 Å². The summed E-state index contributed by atoms with van der Waals surface area (Å²) in [6.45, 7) is 4.57. The summed E-state index contributed by atoms with van der Waals surface area (Å²) in [5.74, 6) is 0. The molecule has 0 saturated carbocycles. The van der Waals surface area contributed by atoms with Gasteiger partial charge in [0.15, 0.2) is 6.29 Å². The lowest BCUT2D eigenvalue weighted by Gasteiger charge is -2.21. The van der Waals surface area contributed by atoms with Crippen LogP contribution < -0.4 is 5.32 Å². The summed E-state index contributed by atoms with van der Waals surface area (Å²) < 4.78 is 11.0. The van der Waals surface area contributed by atoms with Gasteiger partial charge in [-0.2, -0.15) is 0 Å². The van der Waals surface area contributed by atoms with Crippen LogP contribution in [0.15, 0.2) is 24.5 Å². The van der Waals surface area contributed by atoms with Gasteiger partial charge in [-0.3, -0.25) is 4.98 Å². The van der Waals surface area contributed by atoms with E-state index in [9.17, 15) is 0 Å². The zero-order valence-electron chi connectivity index (χ0n) is 10.3. The maximum absolute atomic E-state index is 5.50. The van der Waals surface area contributed by atoms with Crippen LogP contribution in [0, 0.1) is 0 Å². The van der Waals surface area contributed by atoms with Crippen LogP contribution in [-0.4, -0.2) is 31.0 Å². The molecular formula is C13H20N2O2. The summed E-state index contributed by atoms with van der Waals surface area (Å²) >= 11 is 0. The molecule has 0 aromatic carbocycles. The Morgan fingerprint density at radius 1 is 1.47 bits per heavy atom. The van der Waals surface area contributed by atoms with Gasteiger partial charge in [-0.15, -0.1) is 0 Å². The Balaban J connectivity index is 1.97. The number of aromatic nitrogens is 1. The third-order valence-electron chi connectivity index (χ3n) is 2.85. The van der Waals surface area contributed by atoms with Gasteiger partial charge in [0.25, 0.3) is 0 Å². The van der Waals surface area contributed by atoms with Crippen LogP contribution in [0.4, 0.5) is 0 Å². The first-order chi connectivity index (χ1) is 8.40. The van der Waals surface area contributed by atoms with Gasteiger partial charge in [-0.05, 0) is 24.6 Å². The minimum absolute atomic E-state index is 0.0791. The van der Waals surface area contributed by atoms with Gasteiger partial charge < -0.3 is 14.8 Å². The van der Waals surface area contributed by atoms with Crippen molar-refractivity contribution in [3.63, 3.8) is 0 Å².